The number of carboxylic acid groups (broad SMARTS) is 1. The number of sulfonamides is 1. The minimum Gasteiger partial charge on any atom is -0.494 e. The minimum absolute atomic E-state index is 0.0132. The highest BCUT2D eigenvalue weighted by molar-refractivity contribution is 7.89. The third-order valence-corrected chi connectivity index (χ3v) is 5.60. The first-order chi connectivity index (χ1) is 10.9. The summed E-state index contributed by atoms with van der Waals surface area (Å²) in [7, 11) is -3.97. The first kappa shape index (κ1) is 17.7. The molecule has 0 aliphatic carbocycles. The van der Waals surface area contributed by atoms with Crippen molar-refractivity contribution in [2.24, 2.45) is 0 Å². The van der Waals surface area contributed by atoms with Crippen LogP contribution in [-0.2, 0) is 14.8 Å². The van der Waals surface area contributed by atoms with E-state index in [1.807, 2.05) is 6.92 Å². The van der Waals surface area contributed by atoms with Gasteiger partial charge in [0.25, 0.3) is 0 Å². The zero-order valence-corrected chi connectivity index (χ0v) is 13.7. The fourth-order valence-corrected chi connectivity index (χ4v) is 4.08. The summed E-state index contributed by atoms with van der Waals surface area (Å²) >= 11 is 0. The highest BCUT2D eigenvalue weighted by atomic mass is 32.2. The van der Waals surface area contributed by atoms with E-state index in [1.165, 1.54) is 12.1 Å². The van der Waals surface area contributed by atoms with Gasteiger partial charge in [-0.05, 0) is 30.7 Å². The molecule has 2 atom stereocenters. The molecule has 1 aromatic rings. The first-order valence-electron chi connectivity index (χ1n) is 7.52. The van der Waals surface area contributed by atoms with E-state index < -0.39 is 28.1 Å². The van der Waals surface area contributed by atoms with Gasteiger partial charge in [0.1, 0.15) is 11.8 Å². The molecule has 7 nitrogen and oxygen atoms in total. The number of hydrogen-bond acceptors (Lipinski definition) is 5. The maximum atomic E-state index is 12.6. The SMILES string of the molecule is CCCCOc1ccc(S(=O)(=O)N2CC(O)C[C@H]2C(=O)O)cc1. The van der Waals surface area contributed by atoms with E-state index >= 15 is 0 Å². The van der Waals surface area contributed by atoms with E-state index in [0.29, 0.717) is 12.4 Å². The number of unbranched alkanes of at least 4 members (excludes halogenated alkanes) is 1. The van der Waals surface area contributed by atoms with Gasteiger partial charge >= 0.3 is 5.97 Å². The number of hydrogen-bond donors (Lipinski definition) is 2. The summed E-state index contributed by atoms with van der Waals surface area (Å²) in [6, 6.07) is 4.63. The number of β-amino-alcohol motifs (C(OH)–C–C–N with tert-alkyl or cyclic N) is 1. The lowest BCUT2D eigenvalue weighted by molar-refractivity contribution is -0.140. The maximum absolute atomic E-state index is 12.6. The van der Waals surface area contributed by atoms with Crippen LogP contribution in [-0.4, -0.2) is 54.2 Å². The molecule has 1 unspecified atom stereocenters. The highest BCUT2D eigenvalue weighted by Gasteiger charge is 2.43. The second-order valence-electron chi connectivity index (χ2n) is 5.49. The molecule has 1 aliphatic heterocycles. The number of aliphatic hydroxyl groups is 1. The Morgan fingerprint density at radius 3 is 2.57 bits per heavy atom. The molecule has 2 rings (SSSR count). The Bertz CT molecular complexity index is 642. The Kier molecular flexibility index (Phi) is 5.61. The van der Waals surface area contributed by atoms with Gasteiger partial charge in [-0.25, -0.2) is 8.42 Å². The van der Waals surface area contributed by atoms with Crippen molar-refractivity contribution < 1.29 is 28.2 Å². The van der Waals surface area contributed by atoms with E-state index in [1.54, 1.807) is 12.1 Å². The summed E-state index contributed by atoms with van der Waals surface area (Å²) in [4.78, 5) is 11.2. The van der Waals surface area contributed by atoms with Crippen LogP contribution < -0.4 is 4.74 Å². The van der Waals surface area contributed by atoms with Crippen LogP contribution in [0, 0.1) is 0 Å². The monoisotopic (exact) mass is 343 g/mol. The molecule has 1 heterocycles. The molecule has 1 fully saturated rings. The van der Waals surface area contributed by atoms with Crippen LogP contribution in [0.5, 0.6) is 5.75 Å². The zero-order valence-electron chi connectivity index (χ0n) is 12.9. The van der Waals surface area contributed by atoms with Crippen molar-refractivity contribution in [3.63, 3.8) is 0 Å². The lowest BCUT2D eigenvalue weighted by Gasteiger charge is -2.20. The number of ether oxygens (including phenoxy) is 1. The van der Waals surface area contributed by atoms with Gasteiger partial charge in [0.05, 0.1) is 17.6 Å². The normalized spacial score (nSPS) is 22.2. The Labute approximate surface area is 135 Å². The van der Waals surface area contributed by atoms with Crippen LogP contribution in [0.4, 0.5) is 0 Å². The molecule has 23 heavy (non-hydrogen) atoms. The largest absolute Gasteiger partial charge is 0.494 e. The van der Waals surface area contributed by atoms with Crippen LogP contribution in [0.1, 0.15) is 26.2 Å². The van der Waals surface area contributed by atoms with E-state index in [9.17, 15) is 18.3 Å². The molecule has 0 saturated carbocycles. The van der Waals surface area contributed by atoms with Crippen molar-refractivity contribution in [1.82, 2.24) is 4.31 Å². The second kappa shape index (κ2) is 7.29. The molecule has 0 spiro atoms. The quantitative estimate of drug-likeness (QED) is 0.718. The topological polar surface area (TPSA) is 104 Å². The maximum Gasteiger partial charge on any atom is 0.322 e. The second-order valence-corrected chi connectivity index (χ2v) is 7.38. The van der Waals surface area contributed by atoms with Gasteiger partial charge < -0.3 is 14.9 Å². The summed E-state index contributed by atoms with van der Waals surface area (Å²) in [6.45, 7) is 2.39. The van der Waals surface area contributed by atoms with Crippen LogP contribution in [0.2, 0.25) is 0 Å². The van der Waals surface area contributed by atoms with Crippen molar-refractivity contribution in [1.29, 1.82) is 0 Å². The Balaban J connectivity index is 2.17. The predicted molar refractivity (Wildman–Crippen MR) is 82.8 cm³/mol. The van der Waals surface area contributed by atoms with E-state index in [2.05, 4.69) is 0 Å². The van der Waals surface area contributed by atoms with Gasteiger partial charge in [-0.1, -0.05) is 13.3 Å². The van der Waals surface area contributed by atoms with Gasteiger partial charge in [-0.3, -0.25) is 4.79 Å². The number of aliphatic carboxylic acids is 1. The standard InChI is InChI=1S/C15H21NO6S/c1-2-3-8-22-12-4-6-13(7-5-12)23(20,21)16-10-11(17)9-14(16)15(18)19/h4-7,11,14,17H,2-3,8-10H2,1H3,(H,18,19)/t11?,14-/m0/s1. The summed E-state index contributed by atoms with van der Waals surface area (Å²) in [5.41, 5.74) is 0. The van der Waals surface area contributed by atoms with Gasteiger partial charge in [-0.2, -0.15) is 4.31 Å². The predicted octanol–water partition coefficient (Wildman–Crippen LogP) is 1.07. The number of carboxylic acids is 1. The van der Waals surface area contributed by atoms with Crippen LogP contribution in [0.3, 0.4) is 0 Å². The molecule has 1 aromatic carbocycles. The Morgan fingerprint density at radius 1 is 1.35 bits per heavy atom. The number of nitrogens with zero attached hydrogens (tertiary/aromatic N) is 1. The molecule has 0 radical (unpaired) electrons. The molecule has 128 valence electrons. The average Bonchev–Trinajstić information content (AvgIpc) is 2.91. The smallest absolute Gasteiger partial charge is 0.322 e. The van der Waals surface area contributed by atoms with E-state index in [4.69, 9.17) is 9.84 Å². The lowest BCUT2D eigenvalue weighted by atomic mass is 10.2. The molecule has 1 saturated heterocycles. The van der Waals surface area contributed by atoms with Crippen LogP contribution in [0.25, 0.3) is 0 Å². The number of benzene rings is 1. The molecule has 8 heteroatoms. The minimum atomic E-state index is -3.97. The molecular formula is C15H21NO6S. The van der Waals surface area contributed by atoms with Crippen molar-refractivity contribution in [3.8, 4) is 5.75 Å². The molecule has 1 aliphatic rings. The van der Waals surface area contributed by atoms with Gasteiger partial charge in [0.2, 0.25) is 10.0 Å². The van der Waals surface area contributed by atoms with Crippen molar-refractivity contribution in [2.45, 2.75) is 43.2 Å². The third kappa shape index (κ3) is 4.01. The molecular weight excluding hydrogens is 322 g/mol. The van der Waals surface area contributed by atoms with E-state index in [0.717, 1.165) is 17.1 Å². The highest BCUT2D eigenvalue weighted by Crippen LogP contribution is 2.27. The Morgan fingerprint density at radius 2 is 2.00 bits per heavy atom. The summed E-state index contributed by atoms with van der Waals surface area (Å²) in [5, 5.41) is 18.7. The van der Waals surface area contributed by atoms with Gasteiger partial charge in [0.15, 0.2) is 0 Å². The van der Waals surface area contributed by atoms with Crippen LogP contribution >= 0.6 is 0 Å². The molecule has 0 bridgehead atoms. The lowest BCUT2D eigenvalue weighted by Crippen LogP contribution is -2.40. The third-order valence-electron chi connectivity index (χ3n) is 3.72. The average molecular weight is 343 g/mol. The molecule has 2 N–H and O–H groups in total. The fourth-order valence-electron chi connectivity index (χ4n) is 2.45. The number of rotatable bonds is 7. The number of carbonyl (C=O) groups is 1. The summed E-state index contributed by atoms with van der Waals surface area (Å²) in [5.74, 6) is -0.696. The zero-order chi connectivity index (χ0) is 17.0. The van der Waals surface area contributed by atoms with E-state index in [-0.39, 0.29) is 17.9 Å². The van der Waals surface area contributed by atoms with Gasteiger partial charge in [-0.15, -0.1) is 0 Å². The fraction of sp³-hybridized carbons (Fsp3) is 0.533. The number of aliphatic hydroxyl groups excluding tert-OH is 1. The molecule has 0 amide bonds. The van der Waals surface area contributed by atoms with Crippen molar-refractivity contribution in [2.75, 3.05) is 13.2 Å². The van der Waals surface area contributed by atoms with Crippen molar-refractivity contribution in [3.05, 3.63) is 24.3 Å². The van der Waals surface area contributed by atoms with Gasteiger partial charge in [0, 0.05) is 13.0 Å². The van der Waals surface area contributed by atoms with Crippen LogP contribution in [0.15, 0.2) is 29.2 Å². The van der Waals surface area contributed by atoms with Crippen molar-refractivity contribution >= 4 is 16.0 Å². The Hall–Kier alpha value is -1.64. The molecule has 0 aromatic heterocycles. The first-order valence-corrected chi connectivity index (χ1v) is 8.96. The summed E-state index contributed by atoms with van der Waals surface area (Å²) < 4.78 is 31.5. The summed E-state index contributed by atoms with van der Waals surface area (Å²) in [6.07, 6.45) is 0.835.